The fourth-order valence-electron chi connectivity index (χ4n) is 2.05. The van der Waals surface area contributed by atoms with E-state index in [2.05, 4.69) is 15.5 Å². The summed E-state index contributed by atoms with van der Waals surface area (Å²) in [4.78, 5) is 10.3. The predicted molar refractivity (Wildman–Crippen MR) is 57.9 cm³/mol. The molecule has 0 aromatic carbocycles. The van der Waals surface area contributed by atoms with E-state index in [9.17, 15) is 4.79 Å². The average molecular weight is 226 g/mol. The molecule has 0 saturated heterocycles. The number of amides is 1. The van der Waals surface area contributed by atoms with Crippen LogP contribution < -0.4 is 5.32 Å². The number of nitrogens with one attached hydrogen (secondary N) is 1. The number of aromatic nitrogens is 2. The summed E-state index contributed by atoms with van der Waals surface area (Å²) in [7, 11) is 0. The van der Waals surface area contributed by atoms with Gasteiger partial charge in [0.05, 0.1) is 0 Å². The Morgan fingerprint density at radius 2 is 2.13 bits per heavy atom. The highest BCUT2D eigenvalue weighted by molar-refractivity contribution is 6.30. The lowest BCUT2D eigenvalue weighted by atomic mass is 10.00. The van der Waals surface area contributed by atoms with Crippen molar-refractivity contribution in [2.75, 3.05) is 5.32 Å². The molecule has 0 unspecified atom stereocenters. The largest absolute Gasteiger partial charge is 0.312 e. The van der Waals surface area contributed by atoms with Gasteiger partial charge in [0.25, 0.3) is 0 Å². The third kappa shape index (κ3) is 2.26. The summed E-state index contributed by atoms with van der Waals surface area (Å²) in [6.07, 6.45) is 5.35. The van der Waals surface area contributed by atoms with Gasteiger partial charge in [-0.3, -0.25) is 4.79 Å². The van der Waals surface area contributed by atoms with Crippen molar-refractivity contribution in [2.45, 2.75) is 31.6 Å². The van der Waals surface area contributed by atoms with E-state index in [0.29, 0.717) is 23.3 Å². The number of hydrogen-bond donors (Lipinski definition) is 1. The highest BCUT2D eigenvalue weighted by Crippen LogP contribution is 2.37. The summed E-state index contributed by atoms with van der Waals surface area (Å²) >= 11 is 5.99. The van der Waals surface area contributed by atoms with E-state index in [1.54, 1.807) is 0 Å². The number of rotatable bonds is 3. The number of carbonyl (C=O) groups excluding carboxylic acids is 1. The number of hydrogen-bond acceptors (Lipinski definition) is 3. The third-order valence-corrected chi connectivity index (χ3v) is 3.07. The molecule has 0 bridgehead atoms. The molecule has 1 heterocycles. The molecule has 1 fully saturated rings. The van der Waals surface area contributed by atoms with E-state index < -0.39 is 0 Å². The molecule has 2 rings (SSSR count). The first-order valence-corrected chi connectivity index (χ1v) is 5.42. The minimum Gasteiger partial charge on any atom is -0.312 e. The molecule has 4 nitrogen and oxygen atoms in total. The molecule has 1 aromatic heterocycles. The Morgan fingerprint density at radius 1 is 1.40 bits per heavy atom. The Balaban J connectivity index is 2.27. The predicted octanol–water partition coefficient (Wildman–Crippen LogP) is 2.36. The fourth-order valence-corrected chi connectivity index (χ4v) is 2.29. The number of anilines is 1. The van der Waals surface area contributed by atoms with Crippen LogP contribution in [0.4, 0.5) is 5.82 Å². The van der Waals surface area contributed by atoms with Gasteiger partial charge in [0, 0.05) is 0 Å². The zero-order valence-electron chi connectivity index (χ0n) is 8.24. The first-order chi connectivity index (χ1) is 7.31. The van der Waals surface area contributed by atoms with Crippen molar-refractivity contribution in [3.63, 3.8) is 0 Å². The molecule has 80 valence electrons. The van der Waals surface area contributed by atoms with Gasteiger partial charge in [0.15, 0.2) is 11.0 Å². The van der Waals surface area contributed by atoms with Crippen LogP contribution in [-0.4, -0.2) is 16.6 Å². The molecule has 15 heavy (non-hydrogen) atoms. The third-order valence-electron chi connectivity index (χ3n) is 2.78. The van der Waals surface area contributed by atoms with Crippen molar-refractivity contribution in [1.29, 1.82) is 0 Å². The Labute approximate surface area is 93.0 Å². The van der Waals surface area contributed by atoms with E-state index in [0.717, 1.165) is 18.4 Å². The van der Waals surface area contributed by atoms with Crippen LogP contribution in [0, 0.1) is 0 Å². The summed E-state index contributed by atoms with van der Waals surface area (Å²) < 4.78 is 0. The van der Waals surface area contributed by atoms with Gasteiger partial charge in [-0.15, -0.1) is 10.2 Å². The molecular weight excluding hydrogens is 214 g/mol. The van der Waals surface area contributed by atoms with Gasteiger partial charge < -0.3 is 5.32 Å². The van der Waals surface area contributed by atoms with Crippen LogP contribution in [-0.2, 0) is 4.79 Å². The minimum atomic E-state index is 0.457. The molecule has 1 aliphatic carbocycles. The summed E-state index contributed by atoms with van der Waals surface area (Å²) in [5, 5.41) is 10.6. The summed E-state index contributed by atoms with van der Waals surface area (Å²) in [5.74, 6) is 0.941. The first kappa shape index (κ1) is 10.4. The van der Waals surface area contributed by atoms with Crippen LogP contribution in [0.1, 0.15) is 37.2 Å². The Morgan fingerprint density at radius 3 is 2.80 bits per heavy atom. The lowest BCUT2D eigenvalue weighted by molar-refractivity contribution is -0.105. The monoisotopic (exact) mass is 225 g/mol. The molecule has 1 amide bonds. The Kier molecular flexibility index (Phi) is 3.16. The van der Waals surface area contributed by atoms with Crippen molar-refractivity contribution in [2.24, 2.45) is 0 Å². The molecule has 0 atom stereocenters. The van der Waals surface area contributed by atoms with Crippen molar-refractivity contribution < 1.29 is 4.79 Å². The quantitative estimate of drug-likeness (QED) is 0.804. The van der Waals surface area contributed by atoms with Crippen molar-refractivity contribution >= 4 is 23.8 Å². The van der Waals surface area contributed by atoms with Gasteiger partial charge in [-0.25, -0.2) is 0 Å². The molecule has 0 aliphatic heterocycles. The maximum atomic E-state index is 10.3. The maximum Gasteiger partial charge on any atom is 0.212 e. The second-order valence-corrected chi connectivity index (χ2v) is 4.08. The highest BCUT2D eigenvalue weighted by atomic mass is 35.5. The van der Waals surface area contributed by atoms with Gasteiger partial charge in [0.1, 0.15) is 0 Å². The lowest BCUT2D eigenvalue weighted by Gasteiger charge is -2.11. The topological polar surface area (TPSA) is 54.9 Å². The van der Waals surface area contributed by atoms with Crippen molar-refractivity contribution in [3.8, 4) is 0 Å². The van der Waals surface area contributed by atoms with Crippen molar-refractivity contribution in [3.05, 3.63) is 16.8 Å². The molecule has 0 radical (unpaired) electrons. The molecule has 1 aliphatic rings. The van der Waals surface area contributed by atoms with Crippen LogP contribution in [0.15, 0.2) is 6.07 Å². The summed E-state index contributed by atoms with van der Waals surface area (Å²) in [6, 6.07) is 1.82. The van der Waals surface area contributed by atoms with E-state index in [4.69, 9.17) is 11.6 Å². The van der Waals surface area contributed by atoms with Crippen LogP contribution in [0.5, 0.6) is 0 Å². The Bertz CT molecular complexity index is 364. The van der Waals surface area contributed by atoms with Gasteiger partial charge >= 0.3 is 0 Å². The van der Waals surface area contributed by atoms with Crippen LogP contribution in [0.3, 0.4) is 0 Å². The van der Waals surface area contributed by atoms with Crippen molar-refractivity contribution in [1.82, 2.24) is 10.2 Å². The lowest BCUT2D eigenvalue weighted by Crippen LogP contribution is -2.03. The molecular formula is C10H12ClN3O. The van der Waals surface area contributed by atoms with Gasteiger partial charge in [-0.2, -0.15) is 0 Å². The number of carbonyl (C=O) groups is 1. The second-order valence-electron chi connectivity index (χ2n) is 3.72. The van der Waals surface area contributed by atoms with E-state index in [-0.39, 0.29) is 0 Å². The molecule has 0 spiro atoms. The molecule has 1 aromatic rings. The molecule has 1 N–H and O–H groups in total. The van der Waals surface area contributed by atoms with E-state index in [1.807, 2.05) is 6.07 Å². The summed E-state index contributed by atoms with van der Waals surface area (Å²) in [5.41, 5.74) is 1.01. The number of halogens is 1. The fraction of sp³-hybridized carbons (Fsp3) is 0.500. The smallest absolute Gasteiger partial charge is 0.212 e. The summed E-state index contributed by atoms with van der Waals surface area (Å²) in [6.45, 7) is 0. The molecule has 1 saturated carbocycles. The minimum absolute atomic E-state index is 0.457. The zero-order valence-corrected chi connectivity index (χ0v) is 9.00. The molecule has 5 heteroatoms. The highest BCUT2D eigenvalue weighted by Gasteiger charge is 2.20. The van der Waals surface area contributed by atoms with Gasteiger partial charge in [0.2, 0.25) is 6.41 Å². The van der Waals surface area contributed by atoms with Crippen LogP contribution in [0.25, 0.3) is 0 Å². The maximum absolute atomic E-state index is 10.3. The first-order valence-electron chi connectivity index (χ1n) is 5.04. The second kappa shape index (κ2) is 4.57. The SMILES string of the molecule is O=CNc1cc(C2CCCC2)c(Cl)nn1. The van der Waals surface area contributed by atoms with Crippen LogP contribution >= 0.6 is 11.6 Å². The number of nitrogens with zero attached hydrogens (tertiary/aromatic N) is 2. The van der Waals surface area contributed by atoms with E-state index >= 15 is 0 Å². The standard InChI is InChI=1S/C10H12ClN3O/c11-10-8(7-3-1-2-4-7)5-9(12-6-15)13-14-10/h5-7H,1-4H2,(H,12,13,15). The normalized spacial score (nSPS) is 16.6. The van der Waals surface area contributed by atoms with Gasteiger partial charge in [-0.05, 0) is 30.4 Å². The Hall–Kier alpha value is -1.16. The average Bonchev–Trinajstić information content (AvgIpc) is 2.74. The zero-order chi connectivity index (χ0) is 10.7. The van der Waals surface area contributed by atoms with Gasteiger partial charge in [-0.1, -0.05) is 24.4 Å². The van der Waals surface area contributed by atoms with E-state index in [1.165, 1.54) is 12.8 Å². The van der Waals surface area contributed by atoms with Crippen LogP contribution in [0.2, 0.25) is 5.15 Å².